The summed E-state index contributed by atoms with van der Waals surface area (Å²) in [6.45, 7) is 5.84. The Morgan fingerprint density at radius 2 is 2.06 bits per heavy atom. The molecule has 0 atom stereocenters. The number of allylic oxidation sites excluding steroid dienone is 1. The number of nitrogens with zero attached hydrogens (tertiary/aromatic N) is 2. The molecule has 2 aromatic heterocycles. The fraction of sp³-hybridized carbons (Fsp3) is 0.391. The van der Waals surface area contributed by atoms with Crippen LogP contribution in [0.3, 0.4) is 0 Å². The molecule has 4 rings (SSSR count). The van der Waals surface area contributed by atoms with Crippen molar-refractivity contribution >= 4 is 23.5 Å². The minimum atomic E-state index is -0.546. The molecular weight excluding hydrogens is 410 g/mol. The van der Waals surface area contributed by atoms with Gasteiger partial charge in [-0.25, -0.2) is 4.98 Å². The first-order valence-corrected chi connectivity index (χ1v) is 10.5. The molecule has 4 N–H and O–H groups in total. The molecule has 0 spiro atoms. The molecule has 4 heterocycles. The smallest absolute Gasteiger partial charge is 0.263 e. The van der Waals surface area contributed by atoms with Crippen LogP contribution in [-0.4, -0.2) is 48.0 Å². The predicted molar refractivity (Wildman–Crippen MR) is 124 cm³/mol. The van der Waals surface area contributed by atoms with Gasteiger partial charge in [0.05, 0.1) is 5.69 Å². The molecule has 2 aromatic rings. The van der Waals surface area contributed by atoms with Crippen LogP contribution in [0, 0.1) is 0 Å². The fourth-order valence-corrected chi connectivity index (χ4v) is 3.41. The topological polar surface area (TPSA) is 132 Å². The van der Waals surface area contributed by atoms with Crippen molar-refractivity contribution in [1.82, 2.24) is 9.97 Å². The molecular formula is C23H29N5O4. The van der Waals surface area contributed by atoms with E-state index in [2.05, 4.69) is 20.3 Å². The number of anilines is 1. The Morgan fingerprint density at radius 3 is 2.69 bits per heavy atom. The third kappa shape index (κ3) is 5.82. The molecule has 9 nitrogen and oxygen atoms in total. The molecule has 0 aliphatic carbocycles. The third-order valence-electron chi connectivity index (χ3n) is 4.88. The molecule has 0 bridgehead atoms. The van der Waals surface area contributed by atoms with Crippen LogP contribution < -0.4 is 21.3 Å². The van der Waals surface area contributed by atoms with Crippen LogP contribution in [0.25, 0.3) is 5.57 Å². The molecule has 2 aliphatic rings. The van der Waals surface area contributed by atoms with Gasteiger partial charge >= 0.3 is 0 Å². The summed E-state index contributed by atoms with van der Waals surface area (Å²) < 4.78 is 10.6. The highest BCUT2D eigenvalue weighted by molar-refractivity contribution is 6.09. The quantitative estimate of drug-likeness (QED) is 0.627. The van der Waals surface area contributed by atoms with Crippen molar-refractivity contribution in [3.63, 3.8) is 0 Å². The van der Waals surface area contributed by atoms with E-state index in [1.54, 1.807) is 37.5 Å². The van der Waals surface area contributed by atoms with Crippen molar-refractivity contribution in [2.24, 2.45) is 10.7 Å². The average Bonchev–Trinajstić information content (AvgIpc) is 3.42. The number of rotatable bonds is 4. The van der Waals surface area contributed by atoms with E-state index >= 15 is 0 Å². The second-order valence-electron chi connectivity index (χ2n) is 8.10. The van der Waals surface area contributed by atoms with Gasteiger partial charge in [-0.2, -0.15) is 0 Å². The minimum absolute atomic E-state index is 0.00645. The molecule has 1 fully saturated rings. The highest BCUT2D eigenvalue weighted by Crippen LogP contribution is 2.32. The van der Waals surface area contributed by atoms with Gasteiger partial charge in [0.2, 0.25) is 0 Å². The van der Waals surface area contributed by atoms with E-state index in [0.29, 0.717) is 29.4 Å². The van der Waals surface area contributed by atoms with Gasteiger partial charge in [0, 0.05) is 50.2 Å². The predicted octanol–water partition coefficient (Wildman–Crippen LogP) is 2.53. The van der Waals surface area contributed by atoms with Gasteiger partial charge in [0.15, 0.2) is 5.88 Å². The summed E-state index contributed by atoms with van der Waals surface area (Å²) in [5.41, 5.74) is 6.63. The maximum absolute atomic E-state index is 12.6. The van der Waals surface area contributed by atoms with Gasteiger partial charge in [-0.15, -0.1) is 0 Å². The van der Waals surface area contributed by atoms with Gasteiger partial charge < -0.3 is 20.5 Å². The van der Waals surface area contributed by atoms with Crippen LogP contribution in [0.15, 0.2) is 40.3 Å². The Hall–Kier alpha value is -3.46. The number of carbonyl (C=O) groups excluding carboxylic acids is 1. The van der Waals surface area contributed by atoms with Crippen LogP contribution in [0.2, 0.25) is 0 Å². The average molecular weight is 440 g/mol. The summed E-state index contributed by atoms with van der Waals surface area (Å²) in [4.78, 5) is 35.8. The number of amides is 1. The zero-order valence-corrected chi connectivity index (χ0v) is 18.6. The lowest BCUT2D eigenvalue weighted by atomic mass is 10.0. The molecule has 32 heavy (non-hydrogen) atoms. The Balaban J connectivity index is 0.000000509. The number of H-pyrrole nitrogens is 1. The normalized spacial score (nSPS) is 16.8. The number of ether oxygens (including phenoxy) is 2. The second-order valence-corrected chi connectivity index (χ2v) is 8.10. The van der Waals surface area contributed by atoms with Crippen LogP contribution in [0.4, 0.5) is 5.82 Å². The number of hydrogen-bond donors (Lipinski definition) is 3. The van der Waals surface area contributed by atoms with E-state index in [-0.39, 0.29) is 5.56 Å². The van der Waals surface area contributed by atoms with Gasteiger partial charge in [-0.3, -0.25) is 19.6 Å². The van der Waals surface area contributed by atoms with Crippen molar-refractivity contribution in [1.29, 1.82) is 0 Å². The summed E-state index contributed by atoms with van der Waals surface area (Å²) in [6.07, 6.45) is 6.11. The van der Waals surface area contributed by atoms with E-state index in [0.717, 1.165) is 18.8 Å². The van der Waals surface area contributed by atoms with E-state index in [1.807, 2.05) is 13.8 Å². The van der Waals surface area contributed by atoms with Gasteiger partial charge in [0.1, 0.15) is 17.0 Å². The van der Waals surface area contributed by atoms with Gasteiger partial charge in [0.25, 0.3) is 11.5 Å². The van der Waals surface area contributed by atoms with E-state index in [1.165, 1.54) is 19.0 Å². The van der Waals surface area contributed by atoms with Crippen molar-refractivity contribution in [2.45, 2.75) is 38.7 Å². The molecule has 0 radical (unpaired) electrons. The van der Waals surface area contributed by atoms with Crippen molar-refractivity contribution in [3.8, 4) is 5.88 Å². The third-order valence-corrected chi connectivity index (χ3v) is 4.88. The summed E-state index contributed by atoms with van der Waals surface area (Å²) in [7, 11) is 1.63. The largest absolute Gasteiger partial charge is 0.472 e. The molecule has 9 heteroatoms. The minimum Gasteiger partial charge on any atom is -0.472 e. The Kier molecular flexibility index (Phi) is 7.42. The zero-order chi connectivity index (χ0) is 23.1. The van der Waals surface area contributed by atoms with Crippen molar-refractivity contribution in [3.05, 3.63) is 57.6 Å². The van der Waals surface area contributed by atoms with Crippen LogP contribution in [-0.2, 0) is 11.2 Å². The number of carbonyl (C=O) groups is 1. The fourth-order valence-electron chi connectivity index (χ4n) is 3.41. The highest BCUT2D eigenvalue weighted by atomic mass is 16.5. The first-order valence-electron chi connectivity index (χ1n) is 10.5. The SMILES string of the molecule is C1CCOC1.CN=C/C(=C\N)c1cccc(NC(=O)c2cc3c([nH]c2=O)OC(C)(C)C3)n1. The summed E-state index contributed by atoms with van der Waals surface area (Å²) >= 11 is 0. The lowest BCUT2D eigenvalue weighted by molar-refractivity contribution is 0.102. The number of aromatic amines is 1. The van der Waals surface area contributed by atoms with Crippen LogP contribution >= 0.6 is 0 Å². The van der Waals surface area contributed by atoms with E-state index in [4.69, 9.17) is 15.2 Å². The molecule has 170 valence electrons. The molecule has 1 amide bonds. The molecule has 0 unspecified atom stereocenters. The second kappa shape index (κ2) is 10.2. The van der Waals surface area contributed by atoms with E-state index < -0.39 is 17.1 Å². The van der Waals surface area contributed by atoms with Crippen LogP contribution in [0.5, 0.6) is 5.88 Å². The number of fused-ring (bicyclic) bond motifs is 1. The highest BCUT2D eigenvalue weighted by Gasteiger charge is 2.32. The Bertz CT molecular complexity index is 1080. The number of nitrogens with two attached hydrogens (primary N) is 1. The van der Waals surface area contributed by atoms with Crippen LogP contribution in [0.1, 0.15) is 48.3 Å². The molecule has 0 aromatic carbocycles. The monoisotopic (exact) mass is 439 g/mol. The standard InChI is InChI=1S/C19H21N5O3.C4H8O/c1-19(2)8-11-7-13(17(26)24-18(11)27-19)16(25)23-15-6-4-5-14(22-15)12(9-20)10-21-3;1-2-4-5-3-1/h4-7,9-10H,8,20H2,1-3H3,(H,24,26)(H,22,23,25);1-4H2/b12-9+,21-10?;. The summed E-state index contributed by atoms with van der Waals surface area (Å²) in [5, 5.41) is 2.65. The summed E-state index contributed by atoms with van der Waals surface area (Å²) in [6, 6.07) is 6.68. The molecule has 2 aliphatic heterocycles. The van der Waals surface area contributed by atoms with Gasteiger partial charge in [-0.05, 0) is 44.9 Å². The Labute approximate surface area is 186 Å². The number of aliphatic imine (C=N–C) groups is 1. The first-order chi connectivity index (χ1) is 15.3. The van der Waals surface area contributed by atoms with Crippen molar-refractivity contribution < 1.29 is 14.3 Å². The van der Waals surface area contributed by atoms with Gasteiger partial charge in [-0.1, -0.05) is 6.07 Å². The molecule has 1 saturated heterocycles. The zero-order valence-electron chi connectivity index (χ0n) is 18.6. The lowest BCUT2D eigenvalue weighted by Crippen LogP contribution is -2.25. The summed E-state index contributed by atoms with van der Waals surface area (Å²) in [5.74, 6) is 0.173. The number of aromatic nitrogens is 2. The van der Waals surface area contributed by atoms with E-state index in [9.17, 15) is 9.59 Å². The number of hydrogen-bond acceptors (Lipinski definition) is 7. The molecule has 0 saturated carbocycles. The number of pyridine rings is 2. The Morgan fingerprint density at radius 1 is 1.31 bits per heavy atom. The number of nitrogens with one attached hydrogen (secondary N) is 2. The first kappa shape index (κ1) is 23.2. The van der Waals surface area contributed by atoms with Crippen molar-refractivity contribution in [2.75, 3.05) is 25.6 Å². The maximum Gasteiger partial charge on any atom is 0.263 e. The lowest BCUT2D eigenvalue weighted by Gasteiger charge is -2.16. The maximum atomic E-state index is 12.6.